The van der Waals surface area contributed by atoms with Gasteiger partial charge < -0.3 is 0 Å². The quantitative estimate of drug-likeness (QED) is 0.619. The summed E-state index contributed by atoms with van der Waals surface area (Å²) in [5, 5.41) is 0. The molecular weight excluding hydrogens is 172 g/mol. The van der Waals surface area contributed by atoms with E-state index >= 15 is 0 Å². The summed E-state index contributed by atoms with van der Waals surface area (Å²) in [5.41, 5.74) is 2.10. The molecule has 0 aromatic heterocycles. The van der Waals surface area contributed by atoms with Gasteiger partial charge in [-0.3, -0.25) is 4.79 Å². The number of ketones is 1. The Morgan fingerprint density at radius 1 is 1.43 bits per heavy atom. The van der Waals surface area contributed by atoms with Crippen molar-refractivity contribution in [2.24, 2.45) is 5.41 Å². The molecule has 1 nitrogen and oxygen atoms in total. The Kier molecular flexibility index (Phi) is 3.10. The van der Waals surface area contributed by atoms with Crippen LogP contribution in [-0.4, -0.2) is 5.78 Å². The van der Waals surface area contributed by atoms with Crippen LogP contribution in [0.25, 0.3) is 0 Å². The molecule has 0 amide bonds. The fraction of sp³-hybridized carbons (Fsp3) is 0.462. The van der Waals surface area contributed by atoms with Crippen molar-refractivity contribution in [3.05, 3.63) is 35.5 Å². The molecule has 1 aliphatic carbocycles. The van der Waals surface area contributed by atoms with Crippen molar-refractivity contribution >= 4 is 5.78 Å². The highest BCUT2D eigenvalue weighted by atomic mass is 16.1. The topological polar surface area (TPSA) is 17.1 Å². The predicted molar refractivity (Wildman–Crippen MR) is 60.1 cm³/mol. The molecule has 0 radical (unpaired) electrons. The Labute approximate surface area is 86.2 Å². The largest absolute Gasteiger partial charge is 0.295 e. The minimum absolute atomic E-state index is 0.0178. The fourth-order valence-corrected chi connectivity index (χ4v) is 1.63. The number of carbonyl (C=O) groups is 1. The van der Waals surface area contributed by atoms with Crippen LogP contribution < -0.4 is 0 Å². The summed E-state index contributed by atoms with van der Waals surface area (Å²) in [6.45, 7) is 8.11. The summed E-state index contributed by atoms with van der Waals surface area (Å²) < 4.78 is 0. The van der Waals surface area contributed by atoms with Crippen molar-refractivity contribution in [2.75, 3.05) is 0 Å². The van der Waals surface area contributed by atoms with Gasteiger partial charge in [0.05, 0.1) is 0 Å². The van der Waals surface area contributed by atoms with E-state index in [-0.39, 0.29) is 11.2 Å². The summed E-state index contributed by atoms with van der Waals surface area (Å²) in [7, 11) is 0. The second-order valence-corrected chi connectivity index (χ2v) is 4.46. The van der Waals surface area contributed by atoms with E-state index in [1.807, 2.05) is 32.1 Å². The van der Waals surface area contributed by atoms with Gasteiger partial charge in [0.2, 0.25) is 0 Å². The Hall–Kier alpha value is -1.11. The molecule has 1 heteroatoms. The molecule has 1 aliphatic rings. The molecule has 0 spiro atoms. The van der Waals surface area contributed by atoms with Crippen LogP contribution in [0.5, 0.6) is 0 Å². The average molecular weight is 190 g/mol. The molecule has 0 heterocycles. The number of Topliss-reactive ketones (excluding diaryl/α,β-unsaturated/α-hetero) is 1. The average Bonchev–Trinajstić information content (AvgIpc) is 2.08. The normalized spacial score (nSPS) is 24.4. The minimum atomic E-state index is -0.0178. The predicted octanol–water partition coefficient (Wildman–Crippen LogP) is 3.43. The van der Waals surface area contributed by atoms with Crippen molar-refractivity contribution in [1.29, 1.82) is 0 Å². The van der Waals surface area contributed by atoms with Gasteiger partial charge in [-0.2, -0.15) is 0 Å². The lowest BCUT2D eigenvalue weighted by atomic mass is 9.74. The zero-order chi connectivity index (χ0) is 10.8. The van der Waals surface area contributed by atoms with Crippen LogP contribution in [0.15, 0.2) is 35.5 Å². The van der Waals surface area contributed by atoms with Crippen molar-refractivity contribution < 1.29 is 4.79 Å². The van der Waals surface area contributed by atoms with Gasteiger partial charge in [-0.05, 0) is 30.4 Å². The van der Waals surface area contributed by atoms with E-state index in [0.717, 1.165) is 5.57 Å². The van der Waals surface area contributed by atoms with E-state index in [2.05, 4.69) is 19.9 Å². The van der Waals surface area contributed by atoms with Gasteiger partial charge in [0, 0.05) is 6.42 Å². The van der Waals surface area contributed by atoms with Crippen LogP contribution in [0, 0.1) is 5.41 Å². The van der Waals surface area contributed by atoms with Gasteiger partial charge in [-0.15, -0.1) is 0 Å². The van der Waals surface area contributed by atoms with Crippen molar-refractivity contribution in [1.82, 2.24) is 0 Å². The number of rotatable bonds is 1. The van der Waals surface area contributed by atoms with E-state index in [1.165, 1.54) is 5.57 Å². The molecule has 0 atom stereocenters. The lowest BCUT2D eigenvalue weighted by Gasteiger charge is -2.29. The molecule has 76 valence electrons. The Morgan fingerprint density at radius 3 is 2.64 bits per heavy atom. The first kappa shape index (κ1) is 11.0. The van der Waals surface area contributed by atoms with E-state index in [4.69, 9.17) is 0 Å². The molecule has 0 N–H and O–H groups in total. The summed E-state index contributed by atoms with van der Waals surface area (Å²) >= 11 is 0. The summed E-state index contributed by atoms with van der Waals surface area (Å²) in [6.07, 6.45) is 8.75. The Bertz CT molecular complexity index is 327. The first-order valence-corrected chi connectivity index (χ1v) is 5.02. The molecular formula is C13H18O. The van der Waals surface area contributed by atoms with Gasteiger partial charge >= 0.3 is 0 Å². The van der Waals surface area contributed by atoms with E-state index in [9.17, 15) is 4.79 Å². The number of hydrogen-bond acceptors (Lipinski definition) is 1. The Balaban J connectivity index is 3.09. The third-order valence-electron chi connectivity index (χ3n) is 2.66. The highest BCUT2D eigenvalue weighted by molar-refractivity contribution is 5.97. The van der Waals surface area contributed by atoms with Crippen molar-refractivity contribution in [3.8, 4) is 0 Å². The maximum atomic E-state index is 11.5. The third kappa shape index (κ3) is 2.22. The van der Waals surface area contributed by atoms with Gasteiger partial charge in [0.15, 0.2) is 5.78 Å². The lowest BCUT2D eigenvalue weighted by Crippen LogP contribution is -2.24. The second-order valence-electron chi connectivity index (χ2n) is 4.46. The Morgan fingerprint density at radius 2 is 2.07 bits per heavy atom. The molecule has 0 bridgehead atoms. The highest BCUT2D eigenvalue weighted by Crippen LogP contribution is 2.36. The standard InChI is InChI=1S/C13H18O/c1-5-6-7-11-8-10(2)12(14)9-13(11,3)4/h5-8H,9H2,1-4H3/b6-5+,11-7+. The van der Waals surface area contributed by atoms with E-state index in [0.29, 0.717) is 6.42 Å². The molecule has 14 heavy (non-hydrogen) atoms. The molecule has 0 aromatic rings. The van der Waals surface area contributed by atoms with E-state index in [1.54, 1.807) is 0 Å². The first-order chi connectivity index (χ1) is 6.47. The molecule has 0 fully saturated rings. The molecule has 0 saturated carbocycles. The molecule has 0 aliphatic heterocycles. The highest BCUT2D eigenvalue weighted by Gasteiger charge is 2.29. The van der Waals surface area contributed by atoms with E-state index < -0.39 is 0 Å². The molecule has 0 saturated heterocycles. The fourth-order valence-electron chi connectivity index (χ4n) is 1.63. The zero-order valence-corrected chi connectivity index (χ0v) is 9.42. The first-order valence-electron chi connectivity index (χ1n) is 5.02. The van der Waals surface area contributed by atoms with Gasteiger partial charge in [-0.25, -0.2) is 0 Å². The summed E-state index contributed by atoms with van der Waals surface area (Å²) in [6, 6.07) is 0. The van der Waals surface area contributed by atoms with Crippen LogP contribution in [0.3, 0.4) is 0 Å². The number of hydrogen-bond donors (Lipinski definition) is 0. The third-order valence-corrected chi connectivity index (χ3v) is 2.66. The maximum absolute atomic E-state index is 11.5. The number of carbonyl (C=O) groups excluding carboxylic acids is 1. The second kappa shape index (κ2) is 3.95. The summed E-state index contributed by atoms with van der Waals surface area (Å²) in [4.78, 5) is 11.5. The van der Waals surface area contributed by atoms with Crippen LogP contribution in [0.4, 0.5) is 0 Å². The van der Waals surface area contributed by atoms with Crippen molar-refractivity contribution in [2.45, 2.75) is 34.1 Å². The van der Waals surface area contributed by atoms with Crippen LogP contribution in [-0.2, 0) is 4.79 Å². The maximum Gasteiger partial charge on any atom is 0.159 e. The smallest absolute Gasteiger partial charge is 0.159 e. The summed E-state index contributed by atoms with van der Waals surface area (Å²) in [5.74, 6) is 0.271. The minimum Gasteiger partial charge on any atom is -0.295 e. The lowest BCUT2D eigenvalue weighted by molar-refractivity contribution is -0.117. The van der Waals surface area contributed by atoms with Crippen molar-refractivity contribution in [3.63, 3.8) is 0 Å². The van der Waals surface area contributed by atoms with Gasteiger partial charge in [-0.1, -0.05) is 38.2 Å². The van der Waals surface area contributed by atoms with Crippen LogP contribution >= 0.6 is 0 Å². The van der Waals surface area contributed by atoms with Gasteiger partial charge in [0.25, 0.3) is 0 Å². The van der Waals surface area contributed by atoms with Crippen LogP contribution in [0.1, 0.15) is 34.1 Å². The monoisotopic (exact) mass is 190 g/mol. The zero-order valence-electron chi connectivity index (χ0n) is 9.42. The molecule has 0 aromatic carbocycles. The number of allylic oxidation sites excluding steroid dienone is 6. The van der Waals surface area contributed by atoms with Crippen LogP contribution in [0.2, 0.25) is 0 Å². The SMILES string of the molecule is C/C=C/C=C1\C=C(C)C(=O)CC1(C)C. The molecule has 1 rings (SSSR count). The van der Waals surface area contributed by atoms with Gasteiger partial charge in [0.1, 0.15) is 0 Å². The molecule has 0 unspecified atom stereocenters.